The SMILES string of the molecule is CC(Oc1ccc(Cl)cc1Br)C(=O)N1CC[C@H](O)C1. The van der Waals surface area contributed by atoms with Crippen LogP contribution in [0.25, 0.3) is 0 Å². The van der Waals surface area contributed by atoms with Gasteiger partial charge in [0.25, 0.3) is 5.91 Å². The highest BCUT2D eigenvalue weighted by Gasteiger charge is 2.29. The second kappa shape index (κ2) is 6.11. The zero-order chi connectivity index (χ0) is 14.0. The second-order valence-electron chi connectivity index (χ2n) is 4.56. The zero-order valence-electron chi connectivity index (χ0n) is 10.5. The van der Waals surface area contributed by atoms with Gasteiger partial charge in [0.15, 0.2) is 6.10 Å². The van der Waals surface area contributed by atoms with Gasteiger partial charge in [-0.3, -0.25) is 4.79 Å². The molecule has 104 valence electrons. The molecule has 1 aromatic carbocycles. The van der Waals surface area contributed by atoms with Crippen LogP contribution in [0.1, 0.15) is 13.3 Å². The van der Waals surface area contributed by atoms with Crippen molar-refractivity contribution in [2.75, 3.05) is 13.1 Å². The number of ether oxygens (including phenoxy) is 1. The van der Waals surface area contributed by atoms with Crippen LogP contribution >= 0.6 is 27.5 Å². The van der Waals surface area contributed by atoms with E-state index in [1.807, 2.05) is 0 Å². The van der Waals surface area contributed by atoms with Gasteiger partial charge < -0.3 is 14.7 Å². The van der Waals surface area contributed by atoms with Crippen LogP contribution < -0.4 is 4.74 Å². The highest BCUT2D eigenvalue weighted by Crippen LogP contribution is 2.29. The number of aliphatic hydroxyl groups is 1. The maximum Gasteiger partial charge on any atom is 0.263 e. The summed E-state index contributed by atoms with van der Waals surface area (Å²) in [4.78, 5) is 13.7. The van der Waals surface area contributed by atoms with Crippen molar-refractivity contribution >= 4 is 33.4 Å². The lowest BCUT2D eigenvalue weighted by atomic mass is 10.3. The summed E-state index contributed by atoms with van der Waals surface area (Å²) in [6.45, 7) is 2.66. The molecule has 19 heavy (non-hydrogen) atoms. The monoisotopic (exact) mass is 347 g/mol. The van der Waals surface area contributed by atoms with Crippen molar-refractivity contribution in [2.24, 2.45) is 0 Å². The zero-order valence-corrected chi connectivity index (χ0v) is 12.8. The molecule has 0 bridgehead atoms. The number of carbonyl (C=O) groups is 1. The number of halogens is 2. The summed E-state index contributed by atoms with van der Waals surface area (Å²) in [5.41, 5.74) is 0. The maximum atomic E-state index is 12.1. The Morgan fingerprint density at radius 1 is 1.63 bits per heavy atom. The lowest BCUT2D eigenvalue weighted by molar-refractivity contribution is -0.137. The summed E-state index contributed by atoms with van der Waals surface area (Å²) >= 11 is 9.19. The van der Waals surface area contributed by atoms with E-state index in [-0.39, 0.29) is 5.91 Å². The predicted octanol–water partition coefficient (Wildman–Crippen LogP) is 2.46. The van der Waals surface area contributed by atoms with Gasteiger partial charge in [-0.25, -0.2) is 0 Å². The number of hydrogen-bond acceptors (Lipinski definition) is 3. The van der Waals surface area contributed by atoms with Crippen LogP contribution in [0.5, 0.6) is 5.75 Å². The van der Waals surface area contributed by atoms with Crippen LogP contribution in [0.3, 0.4) is 0 Å². The molecule has 0 aliphatic carbocycles. The first-order chi connectivity index (χ1) is 8.97. The third-order valence-corrected chi connectivity index (χ3v) is 3.88. The lowest BCUT2D eigenvalue weighted by Crippen LogP contribution is -2.39. The topological polar surface area (TPSA) is 49.8 Å². The largest absolute Gasteiger partial charge is 0.480 e. The average molecular weight is 349 g/mol. The Bertz CT molecular complexity index is 483. The van der Waals surface area contributed by atoms with Gasteiger partial charge in [0, 0.05) is 18.1 Å². The van der Waals surface area contributed by atoms with Crippen LogP contribution in [0.15, 0.2) is 22.7 Å². The predicted molar refractivity (Wildman–Crippen MR) is 76.4 cm³/mol. The third-order valence-electron chi connectivity index (χ3n) is 3.02. The van der Waals surface area contributed by atoms with Crippen molar-refractivity contribution in [3.63, 3.8) is 0 Å². The van der Waals surface area contributed by atoms with Gasteiger partial charge in [-0.15, -0.1) is 0 Å². The molecule has 1 fully saturated rings. The van der Waals surface area contributed by atoms with Gasteiger partial charge in [0.1, 0.15) is 5.75 Å². The Kier molecular flexibility index (Phi) is 4.71. The van der Waals surface area contributed by atoms with E-state index in [0.717, 1.165) is 0 Å². The van der Waals surface area contributed by atoms with Gasteiger partial charge in [-0.05, 0) is 47.5 Å². The molecule has 0 spiro atoms. The first-order valence-electron chi connectivity index (χ1n) is 6.06. The molecule has 1 saturated heterocycles. The molecule has 1 aromatic rings. The van der Waals surface area contributed by atoms with E-state index in [0.29, 0.717) is 34.8 Å². The molecule has 1 aliphatic rings. The van der Waals surface area contributed by atoms with E-state index >= 15 is 0 Å². The lowest BCUT2D eigenvalue weighted by Gasteiger charge is -2.21. The van der Waals surface area contributed by atoms with Crippen LogP contribution in [-0.4, -0.2) is 41.2 Å². The van der Waals surface area contributed by atoms with Crippen molar-refractivity contribution in [1.29, 1.82) is 0 Å². The summed E-state index contributed by atoms with van der Waals surface area (Å²) in [6.07, 6.45) is -0.385. The average Bonchev–Trinajstić information content (AvgIpc) is 2.78. The molecular formula is C13H15BrClNO3. The third kappa shape index (κ3) is 3.61. The Hall–Kier alpha value is -0.780. The fourth-order valence-electron chi connectivity index (χ4n) is 2.01. The normalized spacial score (nSPS) is 20.4. The Balaban J connectivity index is 2.00. The van der Waals surface area contributed by atoms with Crippen molar-refractivity contribution < 1.29 is 14.6 Å². The number of carbonyl (C=O) groups excluding carboxylic acids is 1. The Labute approximate surface area is 125 Å². The molecule has 1 N–H and O–H groups in total. The molecule has 2 rings (SSSR count). The Morgan fingerprint density at radius 2 is 2.37 bits per heavy atom. The summed E-state index contributed by atoms with van der Waals surface area (Å²) in [6, 6.07) is 5.14. The molecular weight excluding hydrogens is 334 g/mol. The maximum absolute atomic E-state index is 12.1. The molecule has 1 amide bonds. The molecule has 1 heterocycles. The van der Waals surface area contributed by atoms with Crippen LogP contribution in [0.4, 0.5) is 0 Å². The number of rotatable bonds is 3. The van der Waals surface area contributed by atoms with Gasteiger partial charge in [0.2, 0.25) is 0 Å². The minimum atomic E-state index is -0.595. The van der Waals surface area contributed by atoms with Crippen molar-refractivity contribution in [3.05, 3.63) is 27.7 Å². The fourth-order valence-corrected chi connectivity index (χ4v) is 2.79. The molecule has 2 atom stereocenters. The van der Waals surface area contributed by atoms with E-state index in [1.165, 1.54) is 0 Å². The van der Waals surface area contributed by atoms with E-state index in [4.69, 9.17) is 16.3 Å². The number of likely N-dealkylation sites (tertiary alicyclic amines) is 1. The molecule has 0 radical (unpaired) electrons. The summed E-state index contributed by atoms with van der Waals surface area (Å²) in [5.74, 6) is 0.461. The summed E-state index contributed by atoms with van der Waals surface area (Å²) in [7, 11) is 0. The number of hydrogen-bond donors (Lipinski definition) is 1. The second-order valence-corrected chi connectivity index (χ2v) is 5.85. The molecule has 6 heteroatoms. The van der Waals surface area contributed by atoms with Crippen molar-refractivity contribution in [1.82, 2.24) is 4.90 Å². The van der Waals surface area contributed by atoms with Gasteiger partial charge in [0.05, 0.1) is 10.6 Å². The highest BCUT2D eigenvalue weighted by atomic mass is 79.9. The van der Waals surface area contributed by atoms with E-state index in [9.17, 15) is 9.90 Å². The molecule has 1 unspecified atom stereocenters. The molecule has 4 nitrogen and oxygen atoms in total. The minimum absolute atomic E-state index is 0.113. The van der Waals surface area contributed by atoms with E-state index in [1.54, 1.807) is 30.0 Å². The van der Waals surface area contributed by atoms with Crippen molar-refractivity contribution in [3.8, 4) is 5.75 Å². The smallest absolute Gasteiger partial charge is 0.263 e. The molecule has 1 aliphatic heterocycles. The number of amides is 1. The first kappa shape index (κ1) is 14.6. The number of benzene rings is 1. The quantitative estimate of drug-likeness (QED) is 0.913. The van der Waals surface area contributed by atoms with Gasteiger partial charge >= 0.3 is 0 Å². The number of aliphatic hydroxyl groups excluding tert-OH is 1. The fraction of sp³-hybridized carbons (Fsp3) is 0.462. The summed E-state index contributed by atoms with van der Waals surface area (Å²) < 4.78 is 6.34. The highest BCUT2D eigenvalue weighted by molar-refractivity contribution is 9.10. The van der Waals surface area contributed by atoms with Crippen LogP contribution in [0, 0.1) is 0 Å². The summed E-state index contributed by atoms with van der Waals surface area (Å²) in [5, 5.41) is 10.0. The number of β-amino-alcohol motifs (C(OH)–C–C–N with tert-alkyl or cyclic N) is 1. The van der Waals surface area contributed by atoms with Gasteiger partial charge in [-0.2, -0.15) is 0 Å². The van der Waals surface area contributed by atoms with Gasteiger partial charge in [-0.1, -0.05) is 11.6 Å². The standard InChI is InChI=1S/C13H15BrClNO3/c1-8(13(18)16-5-4-10(17)7-16)19-12-3-2-9(15)6-11(12)14/h2-3,6,8,10,17H,4-5,7H2,1H3/t8?,10-/m0/s1. The molecule has 0 aromatic heterocycles. The molecule has 0 saturated carbocycles. The first-order valence-corrected chi connectivity index (χ1v) is 7.23. The van der Waals surface area contributed by atoms with Crippen LogP contribution in [-0.2, 0) is 4.79 Å². The Morgan fingerprint density at radius 3 is 2.95 bits per heavy atom. The van der Waals surface area contributed by atoms with Crippen LogP contribution in [0.2, 0.25) is 5.02 Å². The van der Waals surface area contributed by atoms with E-state index in [2.05, 4.69) is 15.9 Å². The van der Waals surface area contributed by atoms with E-state index < -0.39 is 12.2 Å². The van der Waals surface area contributed by atoms with Crippen molar-refractivity contribution in [2.45, 2.75) is 25.6 Å². The number of nitrogens with zero attached hydrogens (tertiary/aromatic N) is 1. The minimum Gasteiger partial charge on any atom is -0.480 e.